The average Bonchev–Trinajstić information content (AvgIpc) is 3.21. The molecule has 0 spiro atoms. The molecule has 9 rings (SSSR count). The van der Waals surface area contributed by atoms with Crippen molar-refractivity contribution in [1.82, 2.24) is 24.9 Å². The summed E-state index contributed by atoms with van der Waals surface area (Å²) in [6, 6.07) is 58.0. The van der Waals surface area contributed by atoms with Crippen LogP contribution in [0.25, 0.3) is 89.5 Å². The molecular formula is C45H29N5. The maximum Gasteiger partial charge on any atom is 0.179 e. The molecule has 0 radical (unpaired) electrons. The van der Waals surface area contributed by atoms with Gasteiger partial charge in [0.2, 0.25) is 0 Å². The minimum absolute atomic E-state index is 0.578. The summed E-state index contributed by atoms with van der Waals surface area (Å²) in [5.74, 6) is 0.578. The maximum atomic E-state index is 5.35. The SMILES string of the molecule is c1ccc(-c2cc(-c3cccc(-c4cc(-c5ccccc5)c5ccc6ccc(-c7ccccc7)nc6c5n4)c3)nc(-c3ccccn3)n2)cc1. The first-order chi connectivity index (χ1) is 24.8. The number of benzene rings is 5. The van der Waals surface area contributed by atoms with Crippen LogP contribution in [0.2, 0.25) is 0 Å². The van der Waals surface area contributed by atoms with E-state index in [2.05, 4.69) is 108 Å². The molecule has 0 N–H and O–H groups in total. The van der Waals surface area contributed by atoms with Crippen molar-refractivity contribution in [3.05, 3.63) is 176 Å². The van der Waals surface area contributed by atoms with E-state index in [0.29, 0.717) is 5.82 Å². The second kappa shape index (κ2) is 12.6. The van der Waals surface area contributed by atoms with Crippen molar-refractivity contribution in [2.75, 3.05) is 0 Å². The summed E-state index contributed by atoms with van der Waals surface area (Å²) in [5, 5.41) is 2.11. The van der Waals surface area contributed by atoms with Gasteiger partial charge in [-0.1, -0.05) is 133 Å². The summed E-state index contributed by atoms with van der Waals surface area (Å²) in [6.07, 6.45) is 1.77. The van der Waals surface area contributed by atoms with E-state index in [1.165, 1.54) is 0 Å². The summed E-state index contributed by atoms with van der Waals surface area (Å²) in [5.41, 5.74) is 12.2. The van der Waals surface area contributed by atoms with Crippen LogP contribution in [0.4, 0.5) is 0 Å². The Morgan fingerprint density at radius 3 is 1.56 bits per heavy atom. The quantitative estimate of drug-likeness (QED) is 0.169. The number of hydrogen-bond donors (Lipinski definition) is 0. The lowest BCUT2D eigenvalue weighted by atomic mass is 9.96. The highest BCUT2D eigenvalue weighted by Crippen LogP contribution is 2.37. The van der Waals surface area contributed by atoms with E-state index >= 15 is 0 Å². The molecule has 234 valence electrons. The fourth-order valence-electron chi connectivity index (χ4n) is 6.44. The number of hydrogen-bond acceptors (Lipinski definition) is 5. The lowest BCUT2D eigenvalue weighted by Gasteiger charge is -2.14. The highest BCUT2D eigenvalue weighted by Gasteiger charge is 2.16. The second-order valence-electron chi connectivity index (χ2n) is 12.1. The van der Waals surface area contributed by atoms with Gasteiger partial charge in [-0.3, -0.25) is 4.98 Å². The zero-order valence-corrected chi connectivity index (χ0v) is 27.0. The Hall–Kier alpha value is -6.85. The Morgan fingerprint density at radius 1 is 0.320 bits per heavy atom. The minimum atomic E-state index is 0.578. The van der Waals surface area contributed by atoms with Crippen molar-refractivity contribution in [3.8, 4) is 67.7 Å². The van der Waals surface area contributed by atoms with Crippen LogP contribution in [0.15, 0.2) is 176 Å². The lowest BCUT2D eigenvalue weighted by Crippen LogP contribution is -1.97. The Bertz CT molecular complexity index is 2570. The third kappa shape index (κ3) is 5.57. The molecule has 5 heteroatoms. The van der Waals surface area contributed by atoms with Crippen molar-refractivity contribution >= 4 is 21.8 Å². The van der Waals surface area contributed by atoms with Crippen molar-refractivity contribution in [2.45, 2.75) is 0 Å². The van der Waals surface area contributed by atoms with Gasteiger partial charge < -0.3 is 0 Å². The highest BCUT2D eigenvalue weighted by atomic mass is 14.9. The van der Waals surface area contributed by atoms with Crippen molar-refractivity contribution < 1.29 is 0 Å². The number of fused-ring (bicyclic) bond motifs is 3. The Kier molecular flexibility index (Phi) is 7.41. The summed E-state index contributed by atoms with van der Waals surface area (Å²) in [4.78, 5) is 25.1. The molecule has 50 heavy (non-hydrogen) atoms. The highest BCUT2D eigenvalue weighted by molar-refractivity contribution is 6.09. The van der Waals surface area contributed by atoms with Gasteiger partial charge in [0, 0.05) is 39.2 Å². The van der Waals surface area contributed by atoms with E-state index < -0.39 is 0 Å². The van der Waals surface area contributed by atoms with Crippen LogP contribution in [-0.4, -0.2) is 24.9 Å². The summed E-state index contributed by atoms with van der Waals surface area (Å²) in [7, 11) is 0. The Labute approximate surface area is 289 Å². The molecular weight excluding hydrogens is 611 g/mol. The largest absolute Gasteiger partial charge is 0.253 e. The van der Waals surface area contributed by atoms with Gasteiger partial charge in [0.15, 0.2) is 5.82 Å². The van der Waals surface area contributed by atoms with E-state index in [9.17, 15) is 0 Å². The summed E-state index contributed by atoms with van der Waals surface area (Å²) >= 11 is 0. The molecule has 0 aliphatic heterocycles. The average molecular weight is 640 g/mol. The molecule has 0 saturated carbocycles. The number of aromatic nitrogens is 5. The van der Waals surface area contributed by atoms with Crippen LogP contribution >= 0.6 is 0 Å². The van der Waals surface area contributed by atoms with Gasteiger partial charge in [-0.15, -0.1) is 0 Å². The molecule has 0 unspecified atom stereocenters. The fourth-order valence-corrected chi connectivity index (χ4v) is 6.44. The monoisotopic (exact) mass is 639 g/mol. The van der Waals surface area contributed by atoms with E-state index in [1.54, 1.807) is 6.20 Å². The zero-order valence-electron chi connectivity index (χ0n) is 27.0. The van der Waals surface area contributed by atoms with Gasteiger partial charge in [0.25, 0.3) is 0 Å². The molecule has 4 aromatic heterocycles. The smallest absolute Gasteiger partial charge is 0.179 e. The Balaban J connectivity index is 1.24. The molecule has 0 bridgehead atoms. The summed E-state index contributed by atoms with van der Waals surface area (Å²) < 4.78 is 0. The third-order valence-corrected chi connectivity index (χ3v) is 8.94. The maximum absolute atomic E-state index is 5.35. The van der Waals surface area contributed by atoms with E-state index in [1.807, 2.05) is 66.7 Å². The molecule has 0 atom stereocenters. The standard InChI is InChI=1S/C45H29N5/c1-4-13-30(14-5-1)37-28-40(48-44-36(37)24-22-33-23-25-38(47-43(33)44)31-15-6-2-7-16-31)34-19-12-20-35(27-34)42-29-41(32-17-8-3-9-18-32)49-45(50-42)39-21-10-11-26-46-39/h1-29H. The van der Waals surface area contributed by atoms with Gasteiger partial charge in [0.1, 0.15) is 5.69 Å². The van der Waals surface area contributed by atoms with Gasteiger partial charge in [-0.05, 0) is 47.5 Å². The van der Waals surface area contributed by atoms with Crippen LogP contribution in [0.5, 0.6) is 0 Å². The van der Waals surface area contributed by atoms with Gasteiger partial charge >= 0.3 is 0 Å². The van der Waals surface area contributed by atoms with Gasteiger partial charge in [0.05, 0.1) is 33.8 Å². The van der Waals surface area contributed by atoms with Crippen molar-refractivity contribution in [3.63, 3.8) is 0 Å². The summed E-state index contributed by atoms with van der Waals surface area (Å²) in [6.45, 7) is 0. The zero-order chi connectivity index (χ0) is 33.3. The predicted octanol–water partition coefficient (Wildman–Crippen LogP) is 11.0. The van der Waals surface area contributed by atoms with E-state index in [0.717, 1.165) is 83.7 Å². The van der Waals surface area contributed by atoms with E-state index in [4.69, 9.17) is 19.9 Å². The van der Waals surface area contributed by atoms with Crippen LogP contribution in [-0.2, 0) is 0 Å². The topological polar surface area (TPSA) is 64.5 Å². The number of rotatable bonds is 6. The predicted molar refractivity (Wildman–Crippen MR) is 203 cm³/mol. The fraction of sp³-hybridized carbons (Fsp3) is 0. The van der Waals surface area contributed by atoms with E-state index in [-0.39, 0.29) is 0 Å². The molecule has 9 aromatic rings. The normalized spacial score (nSPS) is 11.2. The first kappa shape index (κ1) is 29.3. The third-order valence-electron chi connectivity index (χ3n) is 8.94. The molecule has 0 saturated heterocycles. The number of pyridine rings is 3. The van der Waals surface area contributed by atoms with Crippen molar-refractivity contribution in [1.29, 1.82) is 0 Å². The minimum Gasteiger partial charge on any atom is -0.253 e. The van der Waals surface area contributed by atoms with Crippen molar-refractivity contribution in [2.24, 2.45) is 0 Å². The number of nitrogens with zero attached hydrogens (tertiary/aromatic N) is 5. The first-order valence-corrected chi connectivity index (χ1v) is 16.6. The molecule has 4 heterocycles. The molecule has 0 aliphatic carbocycles. The van der Waals surface area contributed by atoms with Crippen LogP contribution in [0.1, 0.15) is 0 Å². The molecule has 0 amide bonds. The van der Waals surface area contributed by atoms with Gasteiger partial charge in [-0.2, -0.15) is 0 Å². The van der Waals surface area contributed by atoms with Gasteiger partial charge in [-0.25, -0.2) is 19.9 Å². The van der Waals surface area contributed by atoms with Crippen LogP contribution in [0, 0.1) is 0 Å². The molecule has 0 fully saturated rings. The molecule has 5 nitrogen and oxygen atoms in total. The lowest BCUT2D eigenvalue weighted by molar-refractivity contribution is 1.15. The second-order valence-corrected chi connectivity index (χ2v) is 12.1. The molecule has 0 aliphatic rings. The van der Waals surface area contributed by atoms with Crippen LogP contribution in [0.3, 0.4) is 0 Å². The Morgan fingerprint density at radius 2 is 0.880 bits per heavy atom. The first-order valence-electron chi connectivity index (χ1n) is 16.6. The molecule has 5 aromatic carbocycles. The van der Waals surface area contributed by atoms with Crippen LogP contribution < -0.4 is 0 Å².